The van der Waals surface area contributed by atoms with E-state index in [9.17, 15) is 27.2 Å². The third-order valence-corrected chi connectivity index (χ3v) is 7.99. The first-order valence-corrected chi connectivity index (χ1v) is 14.2. The number of rotatable bonds is 10. The summed E-state index contributed by atoms with van der Waals surface area (Å²) in [6.45, 7) is 0.536. The van der Waals surface area contributed by atoms with E-state index in [0.29, 0.717) is 35.5 Å². The highest BCUT2D eigenvalue weighted by Crippen LogP contribution is 2.44. The van der Waals surface area contributed by atoms with Gasteiger partial charge < -0.3 is 20.1 Å². The topological polar surface area (TPSA) is 89.6 Å². The maximum atomic E-state index is 14.6. The Bertz CT molecular complexity index is 1540. The summed E-state index contributed by atoms with van der Waals surface area (Å²) in [4.78, 5) is 29.3. The predicted molar refractivity (Wildman–Crippen MR) is 152 cm³/mol. The fourth-order valence-electron chi connectivity index (χ4n) is 5.12. The minimum atomic E-state index is -4.79. The van der Waals surface area contributed by atoms with Crippen LogP contribution in [0.3, 0.4) is 0 Å². The second-order valence-corrected chi connectivity index (χ2v) is 11.3. The fourth-order valence-corrected chi connectivity index (χ4v) is 5.30. The standard InChI is InChI=1S/C31H30ClF4N3O4/c1-17(40)39-30(10-3-11-30)20-14-25(18-4-8-24(33)23(32)12-18)38-26(15-20)22(31(34,35)36)16-37-29(41)19-5-9-27(28(13-19)42-2)43-21-6-7-21/h4-5,8-9,12-15,21-22H,3,6-7,10-11,16H2,1-2H3,(H,37,41)(H,39,40). The molecule has 2 N–H and O–H groups in total. The van der Waals surface area contributed by atoms with Crippen LogP contribution in [0.2, 0.25) is 5.02 Å². The molecule has 43 heavy (non-hydrogen) atoms. The van der Waals surface area contributed by atoms with Crippen LogP contribution >= 0.6 is 11.6 Å². The summed E-state index contributed by atoms with van der Waals surface area (Å²) < 4.78 is 68.7. The van der Waals surface area contributed by atoms with Gasteiger partial charge in [-0.2, -0.15) is 13.2 Å². The number of carbonyl (C=O) groups is 2. The van der Waals surface area contributed by atoms with Crippen LogP contribution in [0.25, 0.3) is 11.3 Å². The summed E-state index contributed by atoms with van der Waals surface area (Å²) in [6, 6.07) is 11.1. The van der Waals surface area contributed by atoms with E-state index in [-0.39, 0.29) is 34.0 Å². The SMILES string of the molecule is COc1cc(C(=O)NCC(c2cc(C3(NC(C)=O)CCC3)cc(-c3ccc(F)c(Cl)c3)n2)C(F)(F)F)ccc1OC1CC1. The molecule has 12 heteroatoms. The van der Waals surface area contributed by atoms with Crippen LogP contribution in [0.4, 0.5) is 17.6 Å². The van der Waals surface area contributed by atoms with Crippen LogP contribution < -0.4 is 20.1 Å². The van der Waals surface area contributed by atoms with Gasteiger partial charge in [-0.1, -0.05) is 11.6 Å². The predicted octanol–water partition coefficient (Wildman–Crippen LogP) is 6.68. The molecule has 2 fully saturated rings. The van der Waals surface area contributed by atoms with Gasteiger partial charge in [-0.05, 0) is 86.2 Å². The molecular weight excluding hydrogens is 590 g/mol. The van der Waals surface area contributed by atoms with Crippen molar-refractivity contribution in [3.63, 3.8) is 0 Å². The average molecular weight is 620 g/mol. The lowest BCUT2D eigenvalue weighted by molar-refractivity contribution is -0.149. The average Bonchev–Trinajstić information content (AvgIpc) is 3.75. The maximum Gasteiger partial charge on any atom is 0.398 e. The van der Waals surface area contributed by atoms with Gasteiger partial charge in [0.2, 0.25) is 5.91 Å². The molecule has 3 aromatic rings. The van der Waals surface area contributed by atoms with Crippen LogP contribution in [0.5, 0.6) is 11.5 Å². The number of aromatic nitrogens is 1. The number of amides is 2. The van der Waals surface area contributed by atoms with Crippen molar-refractivity contribution < 1.29 is 36.6 Å². The molecule has 0 bridgehead atoms. The number of ether oxygens (including phenoxy) is 2. The molecule has 2 aliphatic carbocycles. The van der Waals surface area contributed by atoms with Gasteiger partial charge in [0.05, 0.1) is 35.2 Å². The Hall–Kier alpha value is -3.86. The van der Waals surface area contributed by atoms with Crippen molar-refractivity contribution >= 4 is 23.4 Å². The Morgan fingerprint density at radius 2 is 1.84 bits per heavy atom. The maximum absolute atomic E-state index is 14.6. The first-order valence-electron chi connectivity index (χ1n) is 13.8. The number of benzene rings is 2. The number of hydrogen-bond acceptors (Lipinski definition) is 5. The Balaban J connectivity index is 1.48. The first-order chi connectivity index (χ1) is 20.4. The molecule has 5 rings (SSSR count). The molecule has 1 unspecified atom stereocenters. The molecule has 1 aromatic heterocycles. The van der Waals surface area contributed by atoms with Gasteiger partial charge in [-0.3, -0.25) is 14.6 Å². The zero-order chi connectivity index (χ0) is 30.9. The molecule has 0 spiro atoms. The molecule has 2 saturated carbocycles. The van der Waals surface area contributed by atoms with Crippen LogP contribution in [-0.2, 0) is 10.3 Å². The highest BCUT2D eigenvalue weighted by molar-refractivity contribution is 6.31. The van der Waals surface area contributed by atoms with E-state index in [0.717, 1.165) is 25.3 Å². The number of carbonyl (C=O) groups excluding carboxylic acids is 2. The molecule has 2 aliphatic rings. The number of hydrogen-bond donors (Lipinski definition) is 2. The molecular formula is C31H30ClF4N3O4. The normalized spacial score (nSPS) is 16.5. The van der Waals surface area contributed by atoms with Gasteiger partial charge in [-0.15, -0.1) is 0 Å². The Kier molecular flexibility index (Phi) is 8.56. The highest BCUT2D eigenvalue weighted by Gasteiger charge is 2.45. The van der Waals surface area contributed by atoms with Crippen LogP contribution in [0.1, 0.15) is 66.6 Å². The van der Waals surface area contributed by atoms with Crippen molar-refractivity contribution in [2.75, 3.05) is 13.7 Å². The summed E-state index contributed by atoms with van der Waals surface area (Å²) in [7, 11) is 1.41. The number of halogens is 5. The summed E-state index contributed by atoms with van der Waals surface area (Å²) >= 11 is 5.97. The molecule has 7 nitrogen and oxygen atoms in total. The second-order valence-electron chi connectivity index (χ2n) is 10.9. The number of nitrogens with zero attached hydrogens (tertiary/aromatic N) is 1. The summed E-state index contributed by atoms with van der Waals surface area (Å²) in [5.74, 6) is -3.19. The molecule has 1 atom stereocenters. The van der Waals surface area contributed by atoms with Gasteiger partial charge in [-0.25, -0.2) is 4.39 Å². The van der Waals surface area contributed by atoms with Crippen molar-refractivity contribution in [1.29, 1.82) is 0 Å². The van der Waals surface area contributed by atoms with E-state index < -0.39 is 35.9 Å². The van der Waals surface area contributed by atoms with Crippen molar-refractivity contribution in [3.8, 4) is 22.8 Å². The number of pyridine rings is 1. The lowest BCUT2D eigenvalue weighted by Crippen LogP contribution is -2.50. The number of methoxy groups -OCH3 is 1. The Labute approximate surface area is 250 Å². The van der Waals surface area contributed by atoms with Crippen molar-refractivity contribution in [3.05, 3.63) is 76.2 Å². The molecule has 2 aromatic carbocycles. The highest BCUT2D eigenvalue weighted by atomic mass is 35.5. The largest absolute Gasteiger partial charge is 0.493 e. The number of nitrogens with one attached hydrogen (secondary N) is 2. The molecule has 0 aliphatic heterocycles. The lowest BCUT2D eigenvalue weighted by atomic mass is 9.71. The third kappa shape index (κ3) is 6.87. The van der Waals surface area contributed by atoms with Crippen LogP contribution in [0.15, 0.2) is 48.5 Å². The van der Waals surface area contributed by atoms with Gasteiger partial charge in [0.15, 0.2) is 11.5 Å². The van der Waals surface area contributed by atoms with Crippen molar-refractivity contribution in [2.24, 2.45) is 0 Å². The number of alkyl halides is 3. The monoisotopic (exact) mass is 619 g/mol. The zero-order valence-electron chi connectivity index (χ0n) is 23.5. The minimum absolute atomic E-state index is 0.0879. The van der Waals surface area contributed by atoms with E-state index in [1.165, 1.54) is 44.4 Å². The smallest absolute Gasteiger partial charge is 0.398 e. The fraction of sp³-hybridized carbons (Fsp3) is 0.387. The molecule has 0 radical (unpaired) electrons. The quantitative estimate of drug-likeness (QED) is 0.247. The van der Waals surface area contributed by atoms with Gasteiger partial charge in [0, 0.05) is 24.6 Å². The molecule has 2 amide bonds. The van der Waals surface area contributed by atoms with E-state index >= 15 is 0 Å². The first kappa shape index (κ1) is 30.6. The van der Waals surface area contributed by atoms with E-state index in [4.69, 9.17) is 21.1 Å². The molecule has 0 saturated heterocycles. The lowest BCUT2D eigenvalue weighted by Gasteiger charge is -2.43. The van der Waals surface area contributed by atoms with Gasteiger partial charge in [0.1, 0.15) is 11.7 Å². The van der Waals surface area contributed by atoms with Gasteiger partial charge in [0.25, 0.3) is 5.91 Å². The van der Waals surface area contributed by atoms with Gasteiger partial charge >= 0.3 is 6.18 Å². The third-order valence-electron chi connectivity index (χ3n) is 7.70. The minimum Gasteiger partial charge on any atom is -0.493 e. The second kappa shape index (κ2) is 12.0. The van der Waals surface area contributed by atoms with E-state index in [1.807, 2.05) is 0 Å². The molecule has 1 heterocycles. The van der Waals surface area contributed by atoms with E-state index in [2.05, 4.69) is 15.6 Å². The Morgan fingerprint density at radius 3 is 2.42 bits per heavy atom. The van der Waals surface area contributed by atoms with Crippen LogP contribution in [0, 0.1) is 5.82 Å². The summed E-state index contributed by atoms with van der Waals surface area (Å²) in [5, 5.41) is 5.06. The van der Waals surface area contributed by atoms with Crippen LogP contribution in [-0.4, -0.2) is 42.7 Å². The van der Waals surface area contributed by atoms with E-state index in [1.54, 1.807) is 12.1 Å². The summed E-state index contributed by atoms with van der Waals surface area (Å²) in [6.07, 6.45) is -1.06. The molecule has 228 valence electrons. The van der Waals surface area contributed by atoms with Crippen molar-refractivity contribution in [1.82, 2.24) is 15.6 Å². The summed E-state index contributed by atoms with van der Waals surface area (Å²) in [5.41, 5.74) is -0.264. The zero-order valence-corrected chi connectivity index (χ0v) is 24.2. The van der Waals surface area contributed by atoms with Crippen molar-refractivity contribution in [2.45, 2.75) is 62.8 Å². The Morgan fingerprint density at radius 1 is 1.09 bits per heavy atom.